The highest BCUT2D eigenvalue weighted by atomic mass is 35.5. The van der Waals surface area contributed by atoms with Crippen LogP contribution in [0.3, 0.4) is 0 Å². The maximum absolute atomic E-state index is 10.8. The molecule has 0 fully saturated rings. The first kappa shape index (κ1) is 13.7. The molecule has 4 nitrogen and oxygen atoms in total. The van der Waals surface area contributed by atoms with Gasteiger partial charge in [0, 0.05) is 5.56 Å². The van der Waals surface area contributed by atoms with Gasteiger partial charge in [-0.15, -0.1) is 0 Å². The van der Waals surface area contributed by atoms with Crippen LogP contribution in [0.1, 0.15) is 18.9 Å². The summed E-state index contributed by atoms with van der Waals surface area (Å²) in [6, 6.07) is 4.74. The van der Waals surface area contributed by atoms with Crippen LogP contribution in [0.25, 0.3) is 0 Å². The third-order valence-corrected chi connectivity index (χ3v) is 2.66. The molecule has 1 aromatic rings. The number of thiocarbonyl (C=S) groups is 1. The van der Waals surface area contributed by atoms with E-state index in [1.165, 1.54) is 0 Å². The molecule has 0 aromatic heterocycles. The molecule has 0 saturated carbocycles. The van der Waals surface area contributed by atoms with Gasteiger partial charge in [-0.05, 0) is 24.6 Å². The van der Waals surface area contributed by atoms with Crippen LogP contribution < -0.4 is 10.5 Å². The maximum Gasteiger partial charge on any atom is 0.344 e. The lowest BCUT2D eigenvalue weighted by molar-refractivity contribution is -0.145. The van der Waals surface area contributed by atoms with E-state index in [1.54, 1.807) is 25.1 Å². The van der Waals surface area contributed by atoms with E-state index in [1.807, 2.05) is 0 Å². The number of ether oxygens (including phenoxy) is 1. The van der Waals surface area contributed by atoms with Crippen molar-refractivity contribution >= 4 is 34.8 Å². The molecule has 0 radical (unpaired) electrons. The van der Waals surface area contributed by atoms with E-state index in [4.69, 9.17) is 39.4 Å². The summed E-state index contributed by atoms with van der Waals surface area (Å²) in [6.45, 7) is 1.72. The fourth-order valence-corrected chi connectivity index (χ4v) is 1.56. The minimum Gasteiger partial charge on any atom is -0.479 e. The lowest BCUT2D eigenvalue weighted by Gasteiger charge is -2.14. The first-order valence-electron chi connectivity index (χ1n) is 4.94. The number of benzene rings is 1. The highest BCUT2D eigenvalue weighted by molar-refractivity contribution is 7.80. The molecule has 1 unspecified atom stereocenters. The predicted molar refractivity (Wildman–Crippen MR) is 69.7 cm³/mol. The van der Waals surface area contributed by atoms with E-state index in [-0.39, 0.29) is 10.0 Å². The van der Waals surface area contributed by atoms with Crippen molar-refractivity contribution in [3.63, 3.8) is 0 Å². The van der Waals surface area contributed by atoms with Crippen molar-refractivity contribution in [2.45, 2.75) is 19.4 Å². The Morgan fingerprint density at radius 3 is 2.71 bits per heavy atom. The molecule has 92 valence electrons. The molecule has 0 heterocycles. The Hall–Kier alpha value is -1.33. The van der Waals surface area contributed by atoms with Crippen molar-refractivity contribution < 1.29 is 14.6 Å². The first-order valence-corrected chi connectivity index (χ1v) is 5.73. The molecule has 3 N–H and O–H groups in total. The molecule has 1 atom stereocenters. The van der Waals surface area contributed by atoms with E-state index in [9.17, 15) is 4.79 Å². The first-order chi connectivity index (χ1) is 7.95. The number of rotatable bonds is 5. The molecule has 6 heteroatoms. The Morgan fingerprint density at radius 2 is 2.29 bits per heavy atom. The SMILES string of the molecule is CCC(Oc1ccc(C(N)=S)cc1Cl)C(=O)O. The van der Waals surface area contributed by atoms with Crippen LogP contribution in [0.2, 0.25) is 5.02 Å². The second-order valence-electron chi connectivity index (χ2n) is 3.36. The molecular weight excluding hydrogens is 262 g/mol. The van der Waals surface area contributed by atoms with Crippen molar-refractivity contribution in [3.8, 4) is 5.75 Å². The van der Waals surface area contributed by atoms with Crippen molar-refractivity contribution in [3.05, 3.63) is 28.8 Å². The number of carboxylic acid groups (broad SMARTS) is 1. The zero-order valence-electron chi connectivity index (χ0n) is 9.14. The Morgan fingerprint density at radius 1 is 1.65 bits per heavy atom. The number of carbonyl (C=O) groups is 1. The van der Waals surface area contributed by atoms with Crippen LogP contribution in [0.15, 0.2) is 18.2 Å². The Labute approximate surface area is 109 Å². The highest BCUT2D eigenvalue weighted by Gasteiger charge is 2.18. The van der Waals surface area contributed by atoms with Gasteiger partial charge in [-0.2, -0.15) is 0 Å². The van der Waals surface area contributed by atoms with E-state index in [0.717, 1.165) is 0 Å². The van der Waals surface area contributed by atoms with Gasteiger partial charge in [0.1, 0.15) is 10.7 Å². The van der Waals surface area contributed by atoms with Crippen LogP contribution in [-0.2, 0) is 4.79 Å². The molecule has 0 saturated heterocycles. The maximum atomic E-state index is 10.8. The van der Waals surface area contributed by atoms with Gasteiger partial charge in [0.05, 0.1) is 5.02 Å². The molecule has 0 spiro atoms. The van der Waals surface area contributed by atoms with Crippen molar-refractivity contribution in [1.82, 2.24) is 0 Å². The van der Waals surface area contributed by atoms with Gasteiger partial charge in [-0.1, -0.05) is 30.7 Å². The third kappa shape index (κ3) is 3.57. The van der Waals surface area contributed by atoms with Gasteiger partial charge in [0.15, 0.2) is 6.10 Å². The van der Waals surface area contributed by atoms with Crippen LogP contribution in [0.4, 0.5) is 0 Å². The van der Waals surface area contributed by atoms with Gasteiger partial charge in [0.2, 0.25) is 0 Å². The Bertz CT molecular complexity index is 450. The molecular formula is C11H12ClNO3S. The average Bonchev–Trinajstić information content (AvgIpc) is 2.26. The number of nitrogens with two attached hydrogens (primary N) is 1. The molecule has 0 aliphatic carbocycles. The van der Waals surface area contributed by atoms with Crippen molar-refractivity contribution in [2.24, 2.45) is 5.73 Å². The largest absolute Gasteiger partial charge is 0.479 e. The molecule has 1 rings (SSSR count). The molecule has 1 aromatic carbocycles. The van der Waals surface area contributed by atoms with Gasteiger partial charge in [-0.25, -0.2) is 4.79 Å². The lowest BCUT2D eigenvalue weighted by Crippen LogP contribution is -2.26. The second kappa shape index (κ2) is 5.84. The van der Waals surface area contributed by atoms with Crippen molar-refractivity contribution in [2.75, 3.05) is 0 Å². The molecule has 0 bridgehead atoms. The van der Waals surface area contributed by atoms with Crippen LogP contribution in [-0.4, -0.2) is 22.2 Å². The van der Waals surface area contributed by atoms with Crippen LogP contribution >= 0.6 is 23.8 Å². The van der Waals surface area contributed by atoms with Crippen LogP contribution in [0.5, 0.6) is 5.75 Å². The minimum atomic E-state index is -1.03. The van der Waals surface area contributed by atoms with Gasteiger partial charge in [-0.3, -0.25) is 0 Å². The molecule has 17 heavy (non-hydrogen) atoms. The topological polar surface area (TPSA) is 72.5 Å². The summed E-state index contributed by atoms with van der Waals surface area (Å²) in [4.78, 5) is 11.0. The predicted octanol–water partition coefficient (Wildman–Crippen LogP) is 2.22. The molecule has 0 aliphatic rings. The van der Waals surface area contributed by atoms with Gasteiger partial charge >= 0.3 is 5.97 Å². The number of halogens is 1. The van der Waals surface area contributed by atoms with Gasteiger partial charge < -0.3 is 15.6 Å². The molecule has 0 aliphatic heterocycles. The standard InChI is InChI=1S/C11H12ClNO3S/c1-2-8(11(14)15)16-9-4-3-6(10(13)17)5-7(9)12/h3-5,8H,2H2,1H3,(H2,13,17)(H,14,15). The van der Waals surface area contributed by atoms with E-state index < -0.39 is 12.1 Å². The summed E-state index contributed by atoms with van der Waals surface area (Å²) in [5.41, 5.74) is 6.06. The minimum absolute atomic E-state index is 0.226. The number of hydrogen-bond donors (Lipinski definition) is 2. The summed E-state index contributed by atoms with van der Waals surface area (Å²) < 4.78 is 5.28. The quantitative estimate of drug-likeness (QED) is 0.805. The zero-order valence-corrected chi connectivity index (χ0v) is 10.7. The smallest absolute Gasteiger partial charge is 0.344 e. The average molecular weight is 274 g/mol. The number of carboxylic acids is 1. The summed E-state index contributed by atoms with van der Waals surface area (Å²) >= 11 is 10.7. The second-order valence-corrected chi connectivity index (χ2v) is 4.21. The number of hydrogen-bond acceptors (Lipinski definition) is 3. The Kier molecular flexibility index (Phi) is 4.72. The fourth-order valence-electron chi connectivity index (χ4n) is 1.21. The fraction of sp³-hybridized carbons (Fsp3) is 0.273. The summed E-state index contributed by atoms with van der Waals surface area (Å²) in [5, 5.41) is 9.15. The van der Waals surface area contributed by atoms with E-state index >= 15 is 0 Å². The number of aliphatic carboxylic acids is 1. The van der Waals surface area contributed by atoms with Crippen molar-refractivity contribution in [1.29, 1.82) is 0 Å². The van der Waals surface area contributed by atoms with Gasteiger partial charge in [0.25, 0.3) is 0 Å². The normalized spacial score (nSPS) is 11.9. The summed E-state index contributed by atoms with van der Waals surface area (Å²) in [7, 11) is 0. The summed E-state index contributed by atoms with van der Waals surface area (Å²) in [6.07, 6.45) is -0.564. The summed E-state index contributed by atoms with van der Waals surface area (Å²) in [5.74, 6) is -0.720. The van der Waals surface area contributed by atoms with E-state index in [0.29, 0.717) is 17.7 Å². The monoisotopic (exact) mass is 273 g/mol. The van der Waals surface area contributed by atoms with E-state index in [2.05, 4.69) is 0 Å². The molecule has 0 amide bonds. The lowest BCUT2D eigenvalue weighted by atomic mass is 10.2. The van der Waals surface area contributed by atoms with Crippen LogP contribution in [0, 0.1) is 0 Å². The third-order valence-electron chi connectivity index (χ3n) is 2.13. The zero-order chi connectivity index (χ0) is 13.0. The highest BCUT2D eigenvalue weighted by Crippen LogP contribution is 2.26. The Balaban J connectivity index is 2.93.